The SMILES string of the molecule is CCc1nn(CCCOC(=O)c2ccc(Cl)c(OC)c2)c2c1C(=O)NCC1(CCOCC1)C2. The molecule has 8 nitrogen and oxygen atoms in total. The summed E-state index contributed by atoms with van der Waals surface area (Å²) in [7, 11) is 1.50. The van der Waals surface area contributed by atoms with E-state index in [2.05, 4.69) is 5.32 Å². The normalized spacial score (nSPS) is 17.2. The number of carbonyl (C=O) groups is 2. The van der Waals surface area contributed by atoms with Crippen LogP contribution >= 0.6 is 11.6 Å². The topological polar surface area (TPSA) is 91.7 Å². The number of aryl methyl sites for hydroxylation is 2. The van der Waals surface area contributed by atoms with Gasteiger partial charge >= 0.3 is 5.97 Å². The fourth-order valence-corrected chi connectivity index (χ4v) is 4.80. The van der Waals surface area contributed by atoms with Crippen LogP contribution in [0.25, 0.3) is 0 Å². The lowest BCUT2D eigenvalue weighted by atomic mass is 9.76. The Bertz CT molecular complexity index is 1030. The molecule has 0 unspecified atom stereocenters. The van der Waals surface area contributed by atoms with Crippen molar-refractivity contribution in [3.63, 3.8) is 0 Å². The second-order valence-electron chi connectivity index (χ2n) is 8.66. The number of fused-ring (bicyclic) bond motifs is 1. The Balaban J connectivity index is 1.43. The number of nitrogens with zero attached hydrogens (tertiary/aromatic N) is 2. The zero-order valence-corrected chi connectivity index (χ0v) is 19.9. The van der Waals surface area contributed by atoms with Gasteiger partial charge < -0.3 is 19.5 Å². The zero-order chi connectivity index (χ0) is 23.4. The third-order valence-corrected chi connectivity index (χ3v) is 6.86. The summed E-state index contributed by atoms with van der Waals surface area (Å²) in [6.45, 7) is 4.91. The van der Waals surface area contributed by atoms with Crippen LogP contribution in [0.15, 0.2) is 18.2 Å². The van der Waals surface area contributed by atoms with E-state index in [9.17, 15) is 9.59 Å². The van der Waals surface area contributed by atoms with Crippen LogP contribution in [0.5, 0.6) is 5.75 Å². The van der Waals surface area contributed by atoms with E-state index in [1.165, 1.54) is 7.11 Å². The van der Waals surface area contributed by atoms with Crippen LogP contribution in [0.1, 0.15) is 58.3 Å². The minimum Gasteiger partial charge on any atom is -0.495 e. The van der Waals surface area contributed by atoms with Gasteiger partial charge in [-0.15, -0.1) is 0 Å². The standard InChI is InChI=1S/C24H30ClN3O5/c1-3-18-21-19(14-24(15-26-22(21)29)7-11-32-12-8-24)28(27-18)9-4-10-33-23(30)16-5-6-17(25)20(13-16)31-2/h5-6,13H,3-4,7-12,14-15H2,1-2H3,(H,26,29). The Kier molecular flexibility index (Phi) is 7.24. The monoisotopic (exact) mass is 475 g/mol. The van der Waals surface area contributed by atoms with E-state index in [4.69, 9.17) is 30.9 Å². The molecular weight excluding hydrogens is 446 g/mol. The number of benzene rings is 1. The van der Waals surface area contributed by atoms with Gasteiger partial charge in [-0.25, -0.2) is 4.79 Å². The molecule has 2 aromatic rings. The number of carbonyl (C=O) groups excluding carboxylic acids is 2. The lowest BCUT2D eigenvalue weighted by molar-refractivity contribution is 0.0152. The molecule has 0 saturated carbocycles. The molecule has 9 heteroatoms. The molecule has 1 saturated heterocycles. The zero-order valence-electron chi connectivity index (χ0n) is 19.1. The quantitative estimate of drug-likeness (QED) is 0.487. The highest BCUT2D eigenvalue weighted by molar-refractivity contribution is 6.32. The van der Waals surface area contributed by atoms with Gasteiger partial charge in [0.1, 0.15) is 5.75 Å². The predicted octanol–water partition coefficient (Wildman–Crippen LogP) is 3.44. The van der Waals surface area contributed by atoms with E-state index in [1.807, 2.05) is 11.6 Å². The summed E-state index contributed by atoms with van der Waals surface area (Å²) in [6.07, 6.45) is 3.91. The maximum Gasteiger partial charge on any atom is 0.338 e. The van der Waals surface area contributed by atoms with Gasteiger partial charge in [0.15, 0.2) is 0 Å². The van der Waals surface area contributed by atoms with Crippen LogP contribution in [-0.2, 0) is 28.9 Å². The first-order valence-corrected chi connectivity index (χ1v) is 11.8. The lowest BCUT2D eigenvalue weighted by Gasteiger charge is -2.36. The van der Waals surface area contributed by atoms with E-state index in [-0.39, 0.29) is 17.9 Å². The molecule has 1 aromatic carbocycles. The fourth-order valence-electron chi connectivity index (χ4n) is 4.61. The van der Waals surface area contributed by atoms with Gasteiger partial charge in [0.25, 0.3) is 5.91 Å². The average Bonchev–Trinajstić information content (AvgIpc) is 3.11. The Morgan fingerprint density at radius 2 is 2.12 bits per heavy atom. The first-order chi connectivity index (χ1) is 16.0. The summed E-state index contributed by atoms with van der Waals surface area (Å²) in [5.74, 6) is -0.0450. The third kappa shape index (κ3) is 5.01. The molecule has 1 amide bonds. The number of hydrogen-bond acceptors (Lipinski definition) is 6. The van der Waals surface area contributed by atoms with E-state index < -0.39 is 5.97 Å². The Labute approximate surface area is 198 Å². The van der Waals surface area contributed by atoms with Gasteiger partial charge in [0.05, 0.1) is 41.3 Å². The Hall–Kier alpha value is -2.58. The Morgan fingerprint density at radius 3 is 2.85 bits per heavy atom. The van der Waals surface area contributed by atoms with Gasteiger partial charge in [0.2, 0.25) is 0 Å². The van der Waals surface area contributed by atoms with E-state index >= 15 is 0 Å². The van der Waals surface area contributed by atoms with Crippen molar-refractivity contribution >= 4 is 23.5 Å². The van der Waals surface area contributed by atoms with Crippen molar-refractivity contribution in [2.75, 3.05) is 33.5 Å². The van der Waals surface area contributed by atoms with Gasteiger partial charge in [0, 0.05) is 32.7 Å². The summed E-state index contributed by atoms with van der Waals surface area (Å²) in [4.78, 5) is 25.3. The van der Waals surface area contributed by atoms with E-state index in [0.717, 1.165) is 30.7 Å². The largest absolute Gasteiger partial charge is 0.495 e. The lowest BCUT2D eigenvalue weighted by Crippen LogP contribution is -2.40. The van der Waals surface area contributed by atoms with Crippen LogP contribution in [-0.4, -0.2) is 55.1 Å². The molecule has 4 rings (SSSR count). The van der Waals surface area contributed by atoms with Crippen molar-refractivity contribution in [2.45, 2.75) is 45.6 Å². The number of hydrogen-bond donors (Lipinski definition) is 1. The minimum absolute atomic E-state index is 0.00204. The number of aromatic nitrogens is 2. The highest BCUT2D eigenvalue weighted by atomic mass is 35.5. The molecule has 2 aliphatic heterocycles. The van der Waals surface area contributed by atoms with Crippen LogP contribution in [0.3, 0.4) is 0 Å². The minimum atomic E-state index is -0.431. The summed E-state index contributed by atoms with van der Waals surface area (Å²) in [5.41, 5.74) is 2.90. The number of rotatable bonds is 7. The van der Waals surface area contributed by atoms with Gasteiger partial charge in [-0.1, -0.05) is 18.5 Å². The molecule has 0 bridgehead atoms. The van der Waals surface area contributed by atoms with Crippen molar-refractivity contribution < 1.29 is 23.8 Å². The maximum absolute atomic E-state index is 12.9. The first-order valence-electron chi connectivity index (χ1n) is 11.4. The van der Waals surface area contributed by atoms with Crippen molar-refractivity contribution in [2.24, 2.45) is 5.41 Å². The third-order valence-electron chi connectivity index (χ3n) is 6.55. The molecule has 3 heterocycles. The van der Waals surface area contributed by atoms with Crippen LogP contribution in [0.2, 0.25) is 5.02 Å². The second-order valence-corrected chi connectivity index (χ2v) is 9.06. The van der Waals surface area contributed by atoms with Crippen LogP contribution in [0, 0.1) is 5.41 Å². The summed E-state index contributed by atoms with van der Waals surface area (Å²) in [6, 6.07) is 4.79. The molecule has 1 aromatic heterocycles. The van der Waals surface area contributed by atoms with E-state index in [0.29, 0.717) is 61.0 Å². The number of esters is 1. The van der Waals surface area contributed by atoms with Gasteiger partial charge in [-0.3, -0.25) is 9.48 Å². The number of nitrogens with one attached hydrogen (secondary N) is 1. The number of amides is 1. The second kappa shape index (κ2) is 10.1. The number of methoxy groups -OCH3 is 1. The highest BCUT2D eigenvalue weighted by Gasteiger charge is 2.39. The van der Waals surface area contributed by atoms with Crippen molar-refractivity contribution in [1.82, 2.24) is 15.1 Å². The predicted molar refractivity (Wildman–Crippen MR) is 123 cm³/mol. The molecule has 178 valence electrons. The molecule has 33 heavy (non-hydrogen) atoms. The molecule has 0 aliphatic carbocycles. The number of halogens is 1. The van der Waals surface area contributed by atoms with Crippen molar-refractivity contribution in [1.29, 1.82) is 0 Å². The molecule has 1 fully saturated rings. The molecular formula is C24H30ClN3O5. The van der Waals surface area contributed by atoms with Crippen LogP contribution < -0.4 is 10.1 Å². The fraction of sp³-hybridized carbons (Fsp3) is 0.542. The number of ether oxygens (including phenoxy) is 3. The maximum atomic E-state index is 12.9. The first kappa shape index (κ1) is 23.6. The molecule has 0 atom stereocenters. The van der Waals surface area contributed by atoms with Crippen LogP contribution in [0.4, 0.5) is 0 Å². The van der Waals surface area contributed by atoms with Gasteiger partial charge in [-0.2, -0.15) is 5.10 Å². The summed E-state index contributed by atoms with van der Waals surface area (Å²) < 4.78 is 18.1. The van der Waals surface area contributed by atoms with Gasteiger partial charge in [-0.05, 0) is 49.3 Å². The van der Waals surface area contributed by atoms with Crippen molar-refractivity contribution in [3.05, 3.63) is 45.7 Å². The van der Waals surface area contributed by atoms with E-state index in [1.54, 1.807) is 18.2 Å². The summed E-state index contributed by atoms with van der Waals surface area (Å²) >= 11 is 6.02. The molecule has 1 N–H and O–H groups in total. The molecule has 1 spiro atoms. The average molecular weight is 476 g/mol. The molecule has 0 radical (unpaired) electrons. The van der Waals surface area contributed by atoms with Crippen molar-refractivity contribution in [3.8, 4) is 5.75 Å². The smallest absolute Gasteiger partial charge is 0.338 e. The summed E-state index contributed by atoms with van der Waals surface area (Å²) in [5, 5.41) is 8.30. The highest BCUT2D eigenvalue weighted by Crippen LogP contribution is 2.37. The Morgan fingerprint density at radius 1 is 1.33 bits per heavy atom. The molecule has 2 aliphatic rings.